The Labute approximate surface area is 94.2 Å². The first kappa shape index (κ1) is 10.5. The van der Waals surface area contributed by atoms with Gasteiger partial charge in [0.2, 0.25) is 0 Å². The predicted molar refractivity (Wildman–Crippen MR) is 61.9 cm³/mol. The molecule has 4 nitrogen and oxygen atoms in total. The highest BCUT2D eigenvalue weighted by Crippen LogP contribution is 2.38. The fraction of sp³-hybridized carbons (Fsp3) is 0.250. The average Bonchev–Trinajstić information content (AvgIpc) is 2.74. The molecule has 1 heterocycles. The summed E-state index contributed by atoms with van der Waals surface area (Å²) in [5.74, 6) is 1.56. The van der Waals surface area contributed by atoms with E-state index in [1.54, 1.807) is 20.4 Å². The first-order valence-corrected chi connectivity index (χ1v) is 4.99. The minimum Gasteiger partial charge on any atom is -0.496 e. The van der Waals surface area contributed by atoms with Crippen LogP contribution >= 0.6 is 0 Å². The van der Waals surface area contributed by atoms with Gasteiger partial charge in [-0.15, -0.1) is 0 Å². The van der Waals surface area contributed by atoms with Gasteiger partial charge in [-0.1, -0.05) is 6.07 Å². The second kappa shape index (κ2) is 4.26. The second-order valence-corrected chi connectivity index (χ2v) is 3.45. The van der Waals surface area contributed by atoms with Gasteiger partial charge in [-0.25, -0.2) is 0 Å². The largest absolute Gasteiger partial charge is 0.496 e. The van der Waals surface area contributed by atoms with Crippen LogP contribution in [-0.2, 0) is 0 Å². The lowest BCUT2D eigenvalue weighted by molar-refractivity contribution is 0.397. The fourth-order valence-corrected chi connectivity index (χ4v) is 1.72. The number of H-pyrrole nitrogens is 1. The van der Waals surface area contributed by atoms with Crippen LogP contribution in [0.15, 0.2) is 24.4 Å². The van der Waals surface area contributed by atoms with Gasteiger partial charge in [0.15, 0.2) is 0 Å². The molecule has 16 heavy (non-hydrogen) atoms. The standard InChI is InChI=1S/C12H14N2O2/c1-8-9(7-13-14-8)12-10(15-2)5-4-6-11(12)16-3/h4-7H,1-3H3,(H,13,14). The van der Waals surface area contributed by atoms with Gasteiger partial charge in [0.25, 0.3) is 0 Å². The monoisotopic (exact) mass is 218 g/mol. The minimum absolute atomic E-state index is 0.781. The van der Waals surface area contributed by atoms with E-state index in [-0.39, 0.29) is 0 Å². The number of aryl methyl sites for hydroxylation is 1. The number of nitrogens with zero attached hydrogens (tertiary/aromatic N) is 1. The van der Waals surface area contributed by atoms with Crippen LogP contribution in [0.2, 0.25) is 0 Å². The van der Waals surface area contributed by atoms with Crippen molar-refractivity contribution in [1.82, 2.24) is 10.2 Å². The second-order valence-electron chi connectivity index (χ2n) is 3.45. The van der Waals surface area contributed by atoms with Crippen LogP contribution in [0, 0.1) is 6.92 Å². The van der Waals surface area contributed by atoms with Crippen LogP contribution in [-0.4, -0.2) is 24.4 Å². The van der Waals surface area contributed by atoms with Crippen LogP contribution < -0.4 is 9.47 Å². The number of rotatable bonds is 3. The minimum atomic E-state index is 0.781. The number of hydrogen-bond acceptors (Lipinski definition) is 3. The zero-order chi connectivity index (χ0) is 11.5. The first-order chi connectivity index (χ1) is 7.77. The Kier molecular flexibility index (Phi) is 2.81. The summed E-state index contributed by atoms with van der Waals surface area (Å²) in [5, 5.41) is 6.92. The van der Waals surface area contributed by atoms with E-state index in [0.29, 0.717) is 0 Å². The molecule has 1 aromatic heterocycles. The van der Waals surface area contributed by atoms with Crippen LogP contribution in [0.5, 0.6) is 11.5 Å². The molecule has 2 aromatic rings. The molecular formula is C12H14N2O2. The van der Waals surface area contributed by atoms with Crippen molar-refractivity contribution in [3.63, 3.8) is 0 Å². The van der Waals surface area contributed by atoms with Crippen molar-refractivity contribution < 1.29 is 9.47 Å². The van der Waals surface area contributed by atoms with E-state index in [4.69, 9.17) is 9.47 Å². The Bertz CT molecular complexity index is 469. The molecule has 0 saturated heterocycles. The quantitative estimate of drug-likeness (QED) is 0.860. The molecule has 0 aliphatic rings. The normalized spacial score (nSPS) is 10.2. The summed E-state index contributed by atoms with van der Waals surface area (Å²) in [5.41, 5.74) is 2.91. The Morgan fingerprint density at radius 2 is 1.75 bits per heavy atom. The predicted octanol–water partition coefficient (Wildman–Crippen LogP) is 2.40. The van der Waals surface area contributed by atoms with Crippen LogP contribution in [0.1, 0.15) is 5.69 Å². The van der Waals surface area contributed by atoms with Crippen molar-refractivity contribution >= 4 is 0 Å². The van der Waals surface area contributed by atoms with Gasteiger partial charge < -0.3 is 9.47 Å². The maximum absolute atomic E-state index is 5.34. The molecular weight excluding hydrogens is 204 g/mol. The van der Waals surface area contributed by atoms with Gasteiger partial charge in [0.1, 0.15) is 11.5 Å². The van der Waals surface area contributed by atoms with Gasteiger partial charge in [0.05, 0.1) is 26.0 Å². The van der Waals surface area contributed by atoms with Gasteiger partial charge in [-0.3, -0.25) is 5.10 Å². The zero-order valence-corrected chi connectivity index (χ0v) is 9.57. The number of hydrogen-bond donors (Lipinski definition) is 1. The van der Waals surface area contributed by atoms with Crippen molar-refractivity contribution in [1.29, 1.82) is 0 Å². The summed E-state index contributed by atoms with van der Waals surface area (Å²) in [6.45, 7) is 1.97. The van der Waals surface area contributed by atoms with Gasteiger partial charge >= 0.3 is 0 Å². The summed E-state index contributed by atoms with van der Waals surface area (Å²) in [6.07, 6.45) is 1.77. The van der Waals surface area contributed by atoms with Crippen molar-refractivity contribution in [2.45, 2.75) is 6.92 Å². The van der Waals surface area contributed by atoms with Gasteiger partial charge in [-0.2, -0.15) is 5.10 Å². The van der Waals surface area contributed by atoms with Crippen molar-refractivity contribution in [2.75, 3.05) is 14.2 Å². The number of methoxy groups -OCH3 is 2. The first-order valence-electron chi connectivity index (χ1n) is 4.99. The van der Waals surface area contributed by atoms with Crippen LogP contribution in [0.4, 0.5) is 0 Å². The molecule has 0 unspecified atom stereocenters. The summed E-state index contributed by atoms with van der Waals surface area (Å²) in [4.78, 5) is 0. The molecule has 84 valence electrons. The number of benzene rings is 1. The lowest BCUT2D eigenvalue weighted by Gasteiger charge is -2.12. The van der Waals surface area contributed by atoms with Gasteiger partial charge in [0, 0.05) is 11.3 Å². The van der Waals surface area contributed by atoms with E-state index < -0.39 is 0 Å². The Hall–Kier alpha value is -1.97. The third kappa shape index (κ3) is 1.62. The smallest absolute Gasteiger partial charge is 0.130 e. The molecule has 4 heteroatoms. The fourth-order valence-electron chi connectivity index (χ4n) is 1.72. The van der Waals surface area contributed by atoms with Crippen LogP contribution in [0.25, 0.3) is 11.1 Å². The van der Waals surface area contributed by atoms with Crippen molar-refractivity contribution in [3.05, 3.63) is 30.1 Å². The molecule has 0 aliphatic carbocycles. The van der Waals surface area contributed by atoms with Crippen LogP contribution in [0.3, 0.4) is 0 Å². The number of nitrogens with one attached hydrogen (secondary N) is 1. The lowest BCUT2D eigenvalue weighted by Crippen LogP contribution is -1.93. The van der Waals surface area contributed by atoms with E-state index in [0.717, 1.165) is 28.3 Å². The van der Waals surface area contributed by atoms with E-state index in [1.807, 2.05) is 25.1 Å². The van der Waals surface area contributed by atoms with E-state index in [9.17, 15) is 0 Å². The van der Waals surface area contributed by atoms with Gasteiger partial charge in [-0.05, 0) is 19.1 Å². The maximum atomic E-state index is 5.34. The molecule has 0 spiro atoms. The molecule has 2 rings (SSSR count). The molecule has 1 aromatic carbocycles. The average molecular weight is 218 g/mol. The third-order valence-corrected chi connectivity index (χ3v) is 2.53. The molecule has 0 amide bonds. The summed E-state index contributed by atoms with van der Waals surface area (Å²) in [7, 11) is 3.29. The third-order valence-electron chi connectivity index (χ3n) is 2.53. The summed E-state index contributed by atoms with van der Waals surface area (Å²) in [6, 6.07) is 5.71. The number of aromatic amines is 1. The van der Waals surface area contributed by atoms with E-state index in [2.05, 4.69) is 10.2 Å². The number of ether oxygens (including phenoxy) is 2. The molecule has 0 fully saturated rings. The molecule has 0 radical (unpaired) electrons. The highest BCUT2D eigenvalue weighted by molar-refractivity contribution is 5.77. The summed E-state index contributed by atoms with van der Waals surface area (Å²) < 4.78 is 10.7. The Balaban J connectivity index is 2.66. The Morgan fingerprint density at radius 3 is 2.19 bits per heavy atom. The Morgan fingerprint density at radius 1 is 1.12 bits per heavy atom. The molecule has 0 bridgehead atoms. The molecule has 0 atom stereocenters. The SMILES string of the molecule is COc1cccc(OC)c1-c1cn[nH]c1C. The van der Waals surface area contributed by atoms with Crippen molar-refractivity contribution in [2.24, 2.45) is 0 Å². The summed E-state index contributed by atoms with van der Waals surface area (Å²) >= 11 is 0. The zero-order valence-electron chi connectivity index (χ0n) is 9.57. The molecule has 0 aliphatic heterocycles. The lowest BCUT2D eigenvalue weighted by atomic mass is 10.0. The maximum Gasteiger partial charge on any atom is 0.130 e. The van der Waals surface area contributed by atoms with E-state index in [1.165, 1.54) is 0 Å². The number of aromatic nitrogens is 2. The highest BCUT2D eigenvalue weighted by atomic mass is 16.5. The molecule has 0 saturated carbocycles. The topological polar surface area (TPSA) is 47.1 Å². The highest BCUT2D eigenvalue weighted by Gasteiger charge is 2.15. The van der Waals surface area contributed by atoms with E-state index >= 15 is 0 Å². The van der Waals surface area contributed by atoms with Crippen molar-refractivity contribution in [3.8, 4) is 22.6 Å². The molecule has 1 N–H and O–H groups in total.